The summed E-state index contributed by atoms with van der Waals surface area (Å²) in [5.74, 6) is 0.864. The Balaban J connectivity index is 2.50. The molecule has 0 spiro atoms. The highest BCUT2D eigenvalue weighted by molar-refractivity contribution is 5.21. The van der Waals surface area contributed by atoms with Gasteiger partial charge in [-0.15, -0.1) is 0 Å². The van der Waals surface area contributed by atoms with Crippen LogP contribution in [0.25, 0.3) is 0 Å². The van der Waals surface area contributed by atoms with Gasteiger partial charge in [-0.25, -0.2) is 0 Å². The van der Waals surface area contributed by atoms with Crippen LogP contribution in [0.15, 0.2) is 18.3 Å². The molecule has 3 nitrogen and oxygen atoms in total. The van der Waals surface area contributed by atoms with Gasteiger partial charge in [0.15, 0.2) is 0 Å². The summed E-state index contributed by atoms with van der Waals surface area (Å²) in [5, 5.41) is 3.51. The van der Waals surface area contributed by atoms with Crippen molar-refractivity contribution in [3.05, 3.63) is 24.0 Å². The van der Waals surface area contributed by atoms with Crippen molar-refractivity contribution in [3.8, 4) is 5.75 Å². The van der Waals surface area contributed by atoms with Gasteiger partial charge in [-0.2, -0.15) is 0 Å². The van der Waals surface area contributed by atoms with Crippen LogP contribution in [0, 0.1) is 5.41 Å². The fourth-order valence-corrected chi connectivity index (χ4v) is 1.93. The lowest BCUT2D eigenvalue weighted by atomic mass is 9.93. The van der Waals surface area contributed by atoms with Crippen LogP contribution >= 0.6 is 0 Å². The highest BCUT2D eigenvalue weighted by atomic mass is 16.5. The van der Waals surface area contributed by atoms with Gasteiger partial charge in [0.05, 0.1) is 18.5 Å². The Hall–Kier alpha value is -1.09. The molecule has 0 aliphatic carbocycles. The Morgan fingerprint density at radius 3 is 2.50 bits per heavy atom. The average molecular weight is 278 g/mol. The number of rotatable bonds is 8. The summed E-state index contributed by atoms with van der Waals surface area (Å²) in [6.45, 7) is 12.8. The fraction of sp³-hybridized carbons (Fsp3) is 0.706. The van der Waals surface area contributed by atoms with Crippen molar-refractivity contribution < 1.29 is 4.74 Å². The number of nitrogens with zero attached hydrogens (tertiary/aromatic N) is 1. The van der Waals surface area contributed by atoms with Gasteiger partial charge in [0.25, 0.3) is 0 Å². The normalized spacial score (nSPS) is 13.2. The molecule has 0 aliphatic rings. The topological polar surface area (TPSA) is 34.1 Å². The number of ether oxygens (including phenoxy) is 1. The van der Waals surface area contributed by atoms with Crippen LogP contribution in [0.2, 0.25) is 0 Å². The summed E-state index contributed by atoms with van der Waals surface area (Å²) in [5.41, 5.74) is 1.41. The maximum absolute atomic E-state index is 5.75. The van der Waals surface area contributed by atoms with E-state index in [2.05, 4.69) is 51.0 Å². The van der Waals surface area contributed by atoms with Crippen LogP contribution in [0.3, 0.4) is 0 Å². The van der Waals surface area contributed by atoms with Crippen molar-refractivity contribution in [2.45, 2.75) is 59.9 Å². The van der Waals surface area contributed by atoms with E-state index in [0.717, 1.165) is 43.9 Å². The Bertz CT molecular complexity index is 368. The molecule has 1 aromatic heterocycles. The van der Waals surface area contributed by atoms with Crippen LogP contribution in [0.5, 0.6) is 5.75 Å². The van der Waals surface area contributed by atoms with Crippen LogP contribution in [-0.4, -0.2) is 18.1 Å². The van der Waals surface area contributed by atoms with E-state index in [0.29, 0.717) is 11.5 Å². The van der Waals surface area contributed by atoms with Crippen molar-refractivity contribution in [1.82, 2.24) is 10.3 Å². The van der Waals surface area contributed by atoms with Crippen molar-refractivity contribution >= 4 is 0 Å². The molecule has 0 amide bonds. The first-order chi connectivity index (χ1) is 9.46. The predicted octanol–water partition coefficient (Wildman–Crippen LogP) is 4.35. The molecule has 1 rings (SSSR count). The van der Waals surface area contributed by atoms with E-state index in [1.165, 1.54) is 0 Å². The predicted molar refractivity (Wildman–Crippen MR) is 85.1 cm³/mol. The molecule has 0 fully saturated rings. The molecule has 1 aromatic rings. The minimum absolute atomic E-state index is 0.310. The molecule has 0 aliphatic heterocycles. The molecule has 1 atom stereocenters. The molecule has 3 heteroatoms. The summed E-state index contributed by atoms with van der Waals surface area (Å²) < 4.78 is 5.75. The third kappa shape index (κ3) is 6.38. The molecule has 0 saturated heterocycles. The molecule has 1 unspecified atom stereocenters. The largest absolute Gasteiger partial charge is 0.492 e. The lowest BCUT2D eigenvalue weighted by Crippen LogP contribution is -2.22. The molecule has 1 N–H and O–H groups in total. The van der Waals surface area contributed by atoms with E-state index in [9.17, 15) is 0 Å². The van der Waals surface area contributed by atoms with E-state index in [1.807, 2.05) is 12.3 Å². The molecule has 114 valence electrons. The van der Waals surface area contributed by atoms with Crippen LogP contribution in [-0.2, 0) is 0 Å². The van der Waals surface area contributed by atoms with Gasteiger partial charge in [0.1, 0.15) is 5.75 Å². The maximum Gasteiger partial charge on any atom is 0.137 e. The second kappa shape index (κ2) is 8.25. The first kappa shape index (κ1) is 17.0. The van der Waals surface area contributed by atoms with E-state index < -0.39 is 0 Å². The van der Waals surface area contributed by atoms with Gasteiger partial charge in [0.2, 0.25) is 0 Å². The summed E-state index contributed by atoms with van der Waals surface area (Å²) in [4.78, 5) is 4.53. The third-order valence-electron chi connectivity index (χ3n) is 3.29. The molecule has 0 aromatic carbocycles. The fourth-order valence-electron chi connectivity index (χ4n) is 1.93. The molecular weight excluding hydrogens is 248 g/mol. The monoisotopic (exact) mass is 278 g/mol. The van der Waals surface area contributed by atoms with E-state index in [-0.39, 0.29) is 0 Å². The Morgan fingerprint density at radius 2 is 2.00 bits per heavy atom. The highest BCUT2D eigenvalue weighted by Gasteiger charge is 2.11. The number of hydrogen-bond donors (Lipinski definition) is 1. The quantitative estimate of drug-likeness (QED) is 0.767. The lowest BCUT2D eigenvalue weighted by Gasteiger charge is -2.19. The van der Waals surface area contributed by atoms with Crippen LogP contribution < -0.4 is 10.1 Å². The van der Waals surface area contributed by atoms with Gasteiger partial charge in [-0.1, -0.05) is 34.6 Å². The number of nitrogens with one attached hydrogen (secondary N) is 1. The number of pyridine rings is 1. The van der Waals surface area contributed by atoms with E-state index in [1.54, 1.807) is 0 Å². The minimum atomic E-state index is 0.310. The Kier molecular flexibility index (Phi) is 7.00. The first-order valence-electron chi connectivity index (χ1n) is 7.78. The van der Waals surface area contributed by atoms with Crippen molar-refractivity contribution in [3.63, 3.8) is 0 Å². The summed E-state index contributed by atoms with van der Waals surface area (Å²) in [6.07, 6.45) is 5.08. The molecule has 20 heavy (non-hydrogen) atoms. The van der Waals surface area contributed by atoms with Crippen molar-refractivity contribution in [1.29, 1.82) is 0 Å². The molecule has 1 heterocycles. The summed E-state index contributed by atoms with van der Waals surface area (Å²) in [6, 6.07) is 4.45. The van der Waals surface area contributed by atoms with Crippen molar-refractivity contribution in [2.24, 2.45) is 5.41 Å². The van der Waals surface area contributed by atoms with Crippen LogP contribution in [0.4, 0.5) is 0 Å². The van der Waals surface area contributed by atoms with Crippen LogP contribution in [0.1, 0.15) is 65.6 Å². The Labute approximate surface area is 124 Å². The second-order valence-corrected chi connectivity index (χ2v) is 6.49. The zero-order chi connectivity index (χ0) is 15.0. The molecule has 0 saturated carbocycles. The van der Waals surface area contributed by atoms with Gasteiger partial charge < -0.3 is 10.1 Å². The lowest BCUT2D eigenvalue weighted by molar-refractivity contribution is 0.242. The van der Waals surface area contributed by atoms with E-state index in [4.69, 9.17) is 4.74 Å². The number of hydrogen-bond acceptors (Lipinski definition) is 3. The molecule has 0 radical (unpaired) electrons. The SMILES string of the molecule is CCCNC(CC)c1ccc(OCCC(C)(C)C)cn1. The van der Waals surface area contributed by atoms with Gasteiger partial charge >= 0.3 is 0 Å². The Morgan fingerprint density at radius 1 is 1.25 bits per heavy atom. The standard InChI is InChI=1S/C17H30N2O/c1-6-11-18-15(7-2)16-9-8-14(13-19-16)20-12-10-17(3,4)5/h8-9,13,15,18H,6-7,10-12H2,1-5H3. The second-order valence-electron chi connectivity index (χ2n) is 6.49. The molecule has 0 bridgehead atoms. The van der Waals surface area contributed by atoms with Gasteiger partial charge in [0, 0.05) is 6.04 Å². The summed E-state index contributed by atoms with van der Waals surface area (Å²) in [7, 11) is 0. The molecular formula is C17H30N2O. The third-order valence-corrected chi connectivity index (χ3v) is 3.29. The summed E-state index contributed by atoms with van der Waals surface area (Å²) >= 11 is 0. The van der Waals surface area contributed by atoms with Gasteiger partial charge in [-0.05, 0) is 43.4 Å². The van der Waals surface area contributed by atoms with E-state index >= 15 is 0 Å². The smallest absolute Gasteiger partial charge is 0.137 e. The van der Waals surface area contributed by atoms with Crippen molar-refractivity contribution in [2.75, 3.05) is 13.2 Å². The minimum Gasteiger partial charge on any atom is -0.492 e. The average Bonchev–Trinajstić information content (AvgIpc) is 2.40. The number of aromatic nitrogens is 1. The zero-order valence-electron chi connectivity index (χ0n) is 13.7. The van der Waals surface area contributed by atoms with Gasteiger partial charge in [-0.3, -0.25) is 4.98 Å². The first-order valence-corrected chi connectivity index (χ1v) is 7.78. The zero-order valence-corrected chi connectivity index (χ0v) is 13.7. The highest BCUT2D eigenvalue weighted by Crippen LogP contribution is 2.20. The maximum atomic E-state index is 5.75.